The molecule has 0 radical (unpaired) electrons. The van der Waals surface area contributed by atoms with Gasteiger partial charge in [-0.05, 0) is 23.8 Å². The van der Waals surface area contributed by atoms with Gasteiger partial charge < -0.3 is 33.2 Å². The van der Waals surface area contributed by atoms with Crippen molar-refractivity contribution in [2.24, 2.45) is 0 Å². The smallest absolute Gasteiger partial charge is 0.338 e. The van der Waals surface area contributed by atoms with E-state index >= 15 is 0 Å². The molecule has 5 rings (SSSR count). The molecule has 0 bridgehead atoms. The van der Waals surface area contributed by atoms with Crippen LogP contribution in [0.1, 0.15) is 24.0 Å². The third-order valence-corrected chi connectivity index (χ3v) is 5.19. The number of methoxy groups -OCH3 is 1. The molecule has 1 atom stereocenters. The Kier molecular flexibility index (Phi) is 4.58. The van der Waals surface area contributed by atoms with Crippen molar-refractivity contribution in [2.45, 2.75) is 12.8 Å². The van der Waals surface area contributed by atoms with Gasteiger partial charge in [0.25, 0.3) is 0 Å². The minimum atomic E-state index is -0.691. The SMILES string of the molecule is COC1=C(C(c2ccc3c(c2)OCO3)c2cc3c(cc2OC(C)=O)OCO3)C(=O)OC1. The second kappa shape index (κ2) is 7.42. The number of rotatable bonds is 5. The maximum atomic E-state index is 12.8. The molecule has 9 heteroatoms. The molecule has 3 aliphatic heterocycles. The minimum Gasteiger partial charge on any atom is -0.497 e. The number of carbonyl (C=O) groups is 2. The van der Waals surface area contributed by atoms with Crippen LogP contribution in [0.2, 0.25) is 0 Å². The van der Waals surface area contributed by atoms with Crippen LogP contribution in [0, 0.1) is 0 Å². The molecule has 2 aromatic carbocycles. The van der Waals surface area contributed by atoms with Gasteiger partial charge in [-0.15, -0.1) is 0 Å². The van der Waals surface area contributed by atoms with E-state index in [9.17, 15) is 9.59 Å². The van der Waals surface area contributed by atoms with Crippen LogP contribution >= 0.6 is 0 Å². The van der Waals surface area contributed by atoms with Gasteiger partial charge in [0.15, 0.2) is 23.0 Å². The molecule has 3 aliphatic rings. The minimum absolute atomic E-state index is 0.0131. The van der Waals surface area contributed by atoms with E-state index in [0.717, 1.165) is 0 Å². The topological polar surface area (TPSA) is 98.8 Å². The van der Waals surface area contributed by atoms with Crippen molar-refractivity contribution < 1.29 is 42.7 Å². The van der Waals surface area contributed by atoms with Crippen molar-refractivity contribution >= 4 is 11.9 Å². The Labute approximate surface area is 177 Å². The second-order valence-electron chi connectivity index (χ2n) is 7.00. The average molecular weight is 426 g/mol. The first-order valence-corrected chi connectivity index (χ1v) is 9.51. The van der Waals surface area contributed by atoms with Crippen molar-refractivity contribution in [1.29, 1.82) is 0 Å². The van der Waals surface area contributed by atoms with Gasteiger partial charge in [0, 0.05) is 24.5 Å². The molecule has 3 heterocycles. The molecule has 0 saturated heterocycles. The molecule has 0 aliphatic carbocycles. The highest BCUT2D eigenvalue weighted by molar-refractivity contribution is 5.94. The second-order valence-corrected chi connectivity index (χ2v) is 7.00. The predicted molar refractivity (Wildman–Crippen MR) is 103 cm³/mol. The molecule has 0 amide bonds. The molecule has 0 spiro atoms. The molecular weight excluding hydrogens is 408 g/mol. The van der Waals surface area contributed by atoms with Crippen LogP contribution < -0.4 is 23.7 Å². The van der Waals surface area contributed by atoms with Crippen molar-refractivity contribution in [3.05, 3.63) is 52.8 Å². The van der Waals surface area contributed by atoms with Gasteiger partial charge in [-0.3, -0.25) is 4.79 Å². The lowest BCUT2D eigenvalue weighted by Crippen LogP contribution is -2.15. The first-order valence-electron chi connectivity index (χ1n) is 9.51. The molecule has 1 unspecified atom stereocenters. The third kappa shape index (κ3) is 3.27. The fourth-order valence-electron chi connectivity index (χ4n) is 3.85. The molecule has 0 aromatic heterocycles. The first kappa shape index (κ1) is 19.1. The zero-order valence-electron chi connectivity index (χ0n) is 16.8. The van der Waals surface area contributed by atoms with E-state index in [-0.39, 0.29) is 25.9 Å². The van der Waals surface area contributed by atoms with E-state index in [1.807, 2.05) is 6.07 Å². The van der Waals surface area contributed by atoms with Crippen LogP contribution in [0.3, 0.4) is 0 Å². The largest absolute Gasteiger partial charge is 0.497 e. The Morgan fingerprint density at radius 3 is 2.32 bits per heavy atom. The first-order chi connectivity index (χ1) is 15.0. The predicted octanol–water partition coefficient (Wildman–Crippen LogP) is 2.66. The highest BCUT2D eigenvalue weighted by Crippen LogP contribution is 2.48. The van der Waals surface area contributed by atoms with E-state index < -0.39 is 17.9 Å². The lowest BCUT2D eigenvalue weighted by Gasteiger charge is -2.22. The summed E-state index contributed by atoms with van der Waals surface area (Å²) in [5.41, 5.74) is 1.51. The van der Waals surface area contributed by atoms with Crippen LogP contribution in [0.25, 0.3) is 0 Å². The Bertz CT molecular complexity index is 1120. The van der Waals surface area contributed by atoms with E-state index in [2.05, 4.69) is 0 Å². The number of ether oxygens (including phenoxy) is 7. The lowest BCUT2D eigenvalue weighted by molar-refractivity contribution is -0.136. The highest BCUT2D eigenvalue weighted by atomic mass is 16.7. The quantitative estimate of drug-likeness (QED) is 0.528. The summed E-state index contributed by atoms with van der Waals surface area (Å²) in [5.74, 6) is 0.962. The molecule has 9 nitrogen and oxygen atoms in total. The Balaban J connectivity index is 1.74. The lowest BCUT2D eigenvalue weighted by atomic mass is 9.83. The van der Waals surface area contributed by atoms with Gasteiger partial charge in [-0.1, -0.05) is 6.07 Å². The zero-order valence-corrected chi connectivity index (χ0v) is 16.8. The summed E-state index contributed by atoms with van der Waals surface area (Å²) in [7, 11) is 1.47. The van der Waals surface area contributed by atoms with E-state index in [4.69, 9.17) is 33.2 Å². The van der Waals surface area contributed by atoms with Crippen LogP contribution in [0.5, 0.6) is 28.7 Å². The van der Waals surface area contributed by atoms with Gasteiger partial charge in [0.05, 0.1) is 12.7 Å². The van der Waals surface area contributed by atoms with Gasteiger partial charge in [-0.25, -0.2) is 4.79 Å². The fraction of sp³-hybridized carbons (Fsp3) is 0.273. The average Bonchev–Trinajstić information content (AvgIpc) is 3.47. The summed E-state index contributed by atoms with van der Waals surface area (Å²) < 4.78 is 38.1. The number of hydrogen-bond acceptors (Lipinski definition) is 9. The van der Waals surface area contributed by atoms with Crippen LogP contribution in [-0.4, -0.2) is 39.2 Å². The Hall–Kier alpha value is -3.88. The summed E-state index contributed by atoms with van der Waals surface area (Å²) in [6.07, 6.45) is 0. The maximum absolute atomic E-state index is 12.8. The van der Waals surface area contributed by atoms with Gasteiger partial charge in [-0.2, -0.15) is 0 Å². The monoisotopic (exact) mass is 426 g/mol. The van der Waals surface area contributed by atoms with E-state index in [0.29, 0.717) is 45.5 Å². The number of esters is 2. The number of carbonyl (C=O) groups excluding carboxylic acids is 2. The molecule has 2 aromatic rings. The van der Waals surface area contributed by atoms with Gasteiger partial charge in [0.1, 0.15) is 18.1 Å². The summed E-state index contributed by atoms with van der Waals surface area (Å²) >= 11 is 0. The van der Waals surface area contributed by atoms with Crippen molar-refractivity contribution in [2.75, 3.05) is 27.3 Å². The molecule has 160 valence electrons. The maximum Gasteiger partial charge on any atom is 0.338 e. The van der Waals surface area contributed by atoms with Gasteiger partial charge >= 0.3 is 11.9 Å². The fourth-order valence-corrected chi connectivity index (χ4v) is 3.85. The van der Waals surface area contributed by atoms with Crippen molar-refractivity contribution in [3.63, 3.8) is 0 Å². The summed E-state index contributed by atoms with van der Waals surface area (Å²) in [5, 5.41) is 0. The molecular formula is C22H18O9. The molecule has 0 N–H and O–H groups in total. The van der Waals surface area contributed by atoms with Crippen LogP contribution in [-0.2, 0) is 19.1 Å². The number of cyclic esters (lactones) is 1. The Morgan fingerprint density at radius 2 is 1.61 bits per heavy atom. The van der Waals surface area contributed by atoms with Gasteiger partial charge in [0.2, 0.25) is 13.6 Å². The standard InChI is InChI=1S/C22H18O9/c1-11(23)31-15-7-18-17(29-10-30-18)6-13(15)20(21-19(25-2)8-26-22(21)24)12-3-4-14-16(5-12)28-9-27-14/h3-7,20H,8-10H2,1-2H3. The van der Waals surface area contributed by atoms with Crippen molar-refractivity contribution in [3.8, 4) is 28.7 Å². The molecule has 31 heavy (non-hydrogen) atoms. The summed E-state index contributed by atoms with van der Waals surface area (Å²) in [6.45, 7) is 1.47. The molecule has 0 fully saturated rings. The van der Waals surface area contributed by atoms with E-state index in [1.54, 1.807) is 24.3 Å². The van der Waals surface area contributed by atoms with E-state index in [1.165, 1.54) is 14.0 Å². The third-order valence-electron chi connectivity index (χ3n) is 5.19. The normalized spacial score (nSPS) is 16.9. The van der Waals surface area contributed by atoms with Crippen molar-refractivity contribution in [1.82, 2.24) is 0 Å². The summed E-state index contributed by atoms with van der Waals surface area (Å²) in [4.78, 5) is 24.6. The highest BCUT2D eigenvalue weighted by Gasteiger charge is 2.38. The number of hydrogen-bond donors (Lipinski definition) is 0. The molecule has 0 saturated carbocycles. The summed E-state index contributed by atoms with van der Waals surface area (Å²) in [6, 6.07) is 8.62. The number of fused-ring (bicyclic) bond motifs is 2. The van der Waals surface area contributed by atoms with Crippen LogP contribution in [0.4, 0.5) is 0 Å². The van der Waals surface area contributed by atoms with Crippen LogP contribution in [0.15, 0.2) is 41.7 Å². The number of benzene rings is 2. The Morgan fingerprint density at radius 1 is 0.935 bits per heavy atom. The zero-order chi connectivity index (χ0) is 21.5.